The van der Waals surface area contributed by atoms with Crippen LogP contribution in [0.5, 0.6) is 0 Å². The normalized spacial score (nSPS) is 39.0. The van der Waals surface area contributed by atoms with Crippen LogP contribution in [0.25, 0.3) is 0 Å². The van der Waals surface area contributed by atoms with E-state index in [2.05, 4.69) is 9.24 Å². The lowest BCUT2D eigenvalue weighted by molar-refractivity contribution is 0.135. The van der Waals surface area contributed by atoms with Gasteiger partial charge in [0.2, 0.25) is 0 Å². The molecule has 0 amide bonds. The molecule has 0 spiro atoms. The van der Waals surface area contributed by atoms with E-state index in [4.69, 9.17) is 0 Å². The van der Waals surface area contributed by atoms with Crippen LogP contribution in [0, 0.1) is 0 Å². The molecule has 0 radical (unpaired) electrons. The fraction of sp³-hybridized carbons (Fsp3) is 1.00. The molecular weight excluding hydrogens is 136 g/mol. The number of halogens is 1. The standard InChI is InChI=1S/C6H13FNP/c1-8-4-2-3-6(7,9)5-8/h2-5,9H2,1H3. The number of alkyl halides is 1. The largest absolute Gasteiger partial charge is 0.303 e. The molecule has 1 nitrogen and oxygen atoms in total. The summed E-state index contributed by atoms with van der Waals surface area (Å²) in [4.78, 5) is 2.02. The Hall–Kier alpha value is 0.320. The Morgan fingerprint density at radius 1 is 1.67 bits per heavy atom. The summed E-state index contributed by atoms with van der Waals surface area (Å²) in [5, 5.41) is -1.01. The maximum atomic E-state index is 13.0. The van der Waals surface area contributed by atoms with Crippen LogP contribution in [0.1, 0.15) is 12.8 Å². The molecule has 1 aliphatic rings. The van der Waals surface area contributed by atoms with Crippen LogP contribution in [-0.4, -0.2) is 30.4 Å². The molecule has 0 N–H and O–H groups in total. The van der Waals surface area contributed by atoms with Crippen LogP contribution in [0.15, 0.2) is 0 Å². The number of nitrogens with zero attached hydrogens (tertiary/aromatic N) is 1. The molecule has 0 aliphatic carbocycles. The van der Waals surface area contributed by atoms with E-state index in [0.29, 0.717) is 13.0 Å². The number of hydrogen-bond acceptors (Lipinski definition) is 1. The van der Waals surface area contributed by atoms with E-state index >= 15 is 0 Å². The first kappa shape index (κ1) is 7.43. The Balaban J connectivity index is 2.41. The first-order valence-corrected chi connectivity index (χ1v) is 3.84. The maximum Gasteiger partial charge on any atom is 0.136 e. The smallest absolute Gasteiger partial charge is 0.136 e. The number of hydrogen-bond donors (Lipinski definition) is 0. The third kappa shape index (κ3) is 2.19. The van der Waals surface area contributed by atoms with Crippen LogP contribution in [-0.2, 0) is 0 Å². The van der Waals surface area contributed by atoms with Gasteiger partial charge in [0, 0.05) is 6.54 Å². The van der Waals surface area contributed by atoms with E-state index in [9.17, 15) is 4.39 Å². The first-order valence-electron chi connectivity index (χ1n) is 3.26. The van der Waals surface area contributed by atoms with Crippen molar-refractivity contribution in [2.45, 2.75) is 18.3 Å². The molecule has 3 heteroatoms. The molecule has 1 saturated heterocycles. The van der Waals surface area contributed by atoms with Crippen molar-refractivity contribution >= 4 is 9.24 Å². The lowest BCUT2D eigenvalue weighted by Crippen LogP contribution is -2.38. The van der Waals surface area contributed by atoms with Crippen molar-refractivity contribution in [2.75, 3.05) is 20.1 Å². The summed E-state index contributed by atoms with van der Waals surface area (Å²) in [6.07, 6.45) is 1.68. The summed E-state index contributed by atoms with van der Waals surface area (Å²) in [6, 6.07) is 0. The molecule has 0 aromatic heterocycles. The Morgan fingerprint density at radius 2 is 2.33 bits per heavy atom. The van der Waals surface area contributed by atoms with Crippen molar-refractivity contribution in [1.29, 1.82) is 0 Å². The van der Waals surface area contributed by atoms with Crippen molar-refractivity contribution in [2.24, 2.45) is 0 Å². The minimum absolute atomic E-state index is 0.567. The highest BCUT2D eigenvalue weighted by Gasteiger charge is 2.28. The van der Waals surface area contributed by atoms with Crippen molar-refractivity contribution < 1.29 is 4.39 Å². The molecule has 1 aliphatic heterocycles. The van der Waals surface area contributed by atoms with E-state index in [1.54, 1.807) is 0 Å². The number of rotatable bonds is 0. The highest BCUT2D eigenvalue weighted by Crippen LogP contribution is 2.30. The molecule has 0 aromatic carbocycles. The zero-order valence-electron chi connectivity index (χ0n) is 5.73. The van der Waals surface area contributed by atoms with E-state index in [0.717, 1.165) is 13.0 Å². The third-order valence-electron chi connectivity index (χ3n) is 1.66. The first-order chi connectivity index (χ1) is 4.10. The quantitative estimate of drug-likeness (QED) is 0.468. The van der Waals surface area contributed by atoms with Gasteiger partial charge in [-0.05, 0) is 26.4 Å². The Kier molecular flexibility index (Phi) is 2.07. The summed E-state index contributed by atoms with van der Waals surface area (Å²) in [5.41, 5.74) is 0. The monoisotopic (exact) mass is 149 g/mol. The lowest BCUT2D eigenvalue weighted by atomic mass is 10.1. The minimum Gasteiger partial charge on any atom is -0.303 e. The molecule has 2 unspecified atom stereocenters. The SMILES string of the molecule is CN1CCCC(F)(P)C1. The minimum atomic E-state index is -1.01. The number of piperidine rings is 1. The average molecular weight is 149 g/mol. The van der Waals surface area contributed by atoms with Gasteiger partial charge in [-0.2, -0.15) is 0 Å². The molecule has 1 rings (SSSR count). The Labute approximate surface area is 57.8 Å². The summed E-state index contributed by atoms with van der Waals surface area (Å²) >= 11 is 0. The van der Waals surface area contributed by atoms with E-state index in [1.807, 2.05) is 11.9 Å². The molecule has 0 saturated carbocycles. The predicted molar refractivity (Wildman–Crippen MR) is 40.3 cm³/mol. The topological polar surface area (TPSA) is 3.24 Å². The van der Waals surface area contributed by atoms with E-state index < -0.39 is 5.41 Å². The van der Waals surface area contributed by atoms with E-state index in [1.165, 1.54) is 0 Å². The summed E-state index contributed by atoms with van der Waals surface area (Å²) < 4.78 is 13.0. The van der Waals surface area contributed by atoms with Gasteiger partial charge in [0.05, 0.1) is 0 Å². The van der Waals surface area contributed by atoms with Crippen LogP contribution in [0.3, 0.4) is 0 Å². The van der Waals surface area contributed by atoms with Gasteiger partial charge in [-0.1, -0.05) is 9.24 Å². The fourth-order valence-electron chi connectivity index (χ4n) is 1.25. The van der Waals surface area contributed by atoms with Gasteiger partial charge in [-0.3, -0.25) is 0 Å². The average Bonchev–Trinajstić information content (AvgIpc) is 1.60. The molecule has 1 heterocycles. The predicted octanol–water partition coefficient (Wildman–Crippen LogP) is 1.25. The third-order valence-corrected chi connectivity index (χ3v) is 2.14. The van der Waals surface area contributed by atoms with Gasteiger partial charge in [0.15, 0.2) is 0 Å². The highest BCUT2D eigenvalue weighted by molar-refractivity contribution is 7.18. The molecule has 0 bridgehead atoms. The molecule has 9 heavy (non-hydrogen) atoms. The van der Waals surface area contributed by atoms with Gasteiger partial charge < -0.3 is 4.90 Å². The summed E-state index contributed by atoms with van der Waals surface area (Å²) in [6.45, 7) is 1.61. The maximum absolute atomic E-state index is 13.0. The second kappa shape index (κ2) is 2.51. The second-order valence-corrected chi connectivity index (χ2v) is 3.91. The zero-order valence-corrected chi connectivity index (χ0v) is 6.89. The zero-order chi connectivity index (χ0) is 6.91. The molecule has 54 valence electrons. The number of likely N-dealkylation sites (tertiary alicyclic amines) is 1. The molecule has 0 aromatic rings. The van der Waals surface area contributed by atoms with Crippen molar-refractivity contribution in [3.05, 3.63) is 0 Å². The molecule has 1 fully saturated rings. The molecular formula is C6H13FNP. The van der Waals surface area contributed by atoms with Gasteiger partial charge in [-0.15, -0.1) is 0 Å². The van der Waals surface area contributed by atoms with Gasteiger partial charge >= 0.3 is 0 Å². The Bertz CT molecular complexity index is 105. The van der Waals surface area contributed by atoms with Crippen molar-refractivity contribution in [3.8, 4) is 0 Å². The lowest BCUT2D eigenvalue weighted by Gasteiger charge is -2.31. The van der Waals surface area contributed by atoms with Gasteiger partial charge in [0.25, 0.3) is 0 Å². The molecule has 2 atom stereocenters. The van der Waals surface area contributed by atoms with Crippen molar-refractivity contribution in [3.63, 3.8) is 0 Å². The van der Waals surface area contributed by atoms with Crippen molar-refractivity contribution in [1.82, 2.24) is 4.90 Å². The second-order valence-electron chi connectivity index (χ2n) is 2.88. The summed E-state index contributed by atoms with van der Waals surface area (Å²) in [5.74, 6) is 0. The van der Waals surface area contributed by atoms with Crippen LogP contribution >= 0.6 is 9.24 Å². The van der Waals surface area contributed by atoms with Crippen LogP contribution in [0.4, 0.5) is 4.39 Å². The fourth-order valence-corrected chi connectivity index (χ4v) is 1.77. The van der Waals surface area contributed by atoms with Crippen LogP contribution < -0.4 is 0 Å². The van der Waals surface area contributed by atoms with Gasteiger partial charge in [-0.25, -0.2) is 4.39 Å². The Morgan fingerprint density at radius 3 is 2.67 bits per heavy atom. The highest BCUT2D eigenvalue weighted by atomic mass is 31.0. The van der Waals surface area contributed by atoms with E-state index in [-0.39, 0.29) is 0 Å². The summed E-state index contributed by atoms with van der Waals surface area (Å²) in [7, 11) is 4.24. The van der Waals surface area contributed by atoms with Gasteiger partial charge in [0.1, 0.15) is 5.41 Å². The van der Waals surface area contributed by atoms with Crippen LogP contribution in [0.2, 0.25) is 0 Å².